The van der Waals surface area contributed by atoms with E-state index in [9.17, 15) is 36.1 Å². The van der Waals surface area contributed by atoms with Crippen molar-refractivity contribution < 1.29 is 35.4 Å². The molecule has 0 aliphatic carbocycles. The van der Waals surface area contributed by atoms with E-state index < -0.39 is 46.4 Å². The molecular weight excluding hydrogens is 721 g/mol. The maximum atomic E-state index is 12.2. The Labute approximate surface area is 286 Å². The molecular formula is C28H28N8O11S3. The first-order chi connectivity index (χ1) is 23.5. The van der Waals surface area contributed by atoms with Crippen molar-refractivity contribution in [2.45, 2.75) is 30.1 Å². The third kappa shape index (κ3) is 8.64. The lowest BCUT2D eigenvalue weighted by Crippen LogP contribution is -2.09. The van der Waals surface area contributed by atoms with E-state index in [1.807, 2.05) is 0 Å². The third-order valence-electron chi connectivity index (χ3n) is 6.95. The van der Waals surface area contributed by atoms with Crippen LogP contribution in [0.25, 0.3) is 10.8 Å². The van der Waals surface area contributed by atoms with Gasteiger partial charge in [0.25, 0.3) is 20.2 Å². The summed E-state index contributed by atoms with van der Waals surface area (Å²) in [6, 6.07) is 12.3. The molecule has 0 saturated heterocycles. The van der Waals surface area contributed by atoms with Gasteiger partial charge in [0.2, 0.25) is 0 Å². The van der Waals surface area contributed by atoms with E-state index in [2.05, 4.69) is 34.2 Å². The van der Waals surface area contributed by atoms with Crippen LogP contribution in [0.4, 0.5) is 28.4 Å². The lowest BCUT2D eigenvalue weighted by molar-refractivity contribution is 0.318. The summed E-state index contributed by atoms with van der Waals surface area (Å²) in [6.07, 6.45) is 0.0407. The molecule has 4 rings (SSSR count). The third-order valence-corrected chi connectivity index (χ3v) is 10.1. The van der Waals surface area contributed by atoms with Crippen LogP contribution < -0.4 is 15.2 Å². The van der Waals surface area contributed by atoms with E-state index in [1.165, 1.54) is 37.4 Å². The Kier molecular flexibility index (Phi) is 11.3. The molecule has 22 heteroatoms. The molecule has 264 valence electrons. The highest BCUT2D eigenvalue weighted by Gasteiger charge is 2.33. The van der Waals surface area contributed by atoms with Crippen LogP contribution in [0.5, 0.6) is 11.5 Å². The zero-order chi connectivity index (χ0) is 36.9. The molecule has 0 unspecified atom stereocenters. The zero-order valence-corrected chi connectivity index (χ0v) is 28.8. The van der Waals surface area contributed by atoms with Gasteiger partial charge in [-0.05, 0) is 73.2 Å². The van der Waals surface area contributed by atoms with Gasteiger partial charge in [0.05, 0.1) is 47.1 Å². The number of methoxy groups -OCH3 is 1. The fourth-order valence-corrected chi connectivity index (χ4v) is 6.66. The molecule has 0 heterocycles. The number of aryl methyl sites for hydroxylation is 2. The zero-order valence-electron chi connectivity index (χ0n) is 26.3. The topological polar surface area (TPSA) is 291 Å². The highest BCUT2D eigenvalue weighted by molar-refractivity contribution is 8.30. The lowest BCUT2D eigenvalue weighted by atomic mass is 10.1. The molecule has 0 saturated carbocycles. The number of hydrogen-bond donors (Lipinski definition) is 3. The molecule has 50 heavy (non-hydrogen) atoms. The Morgan fingerprint density at radius 1 is 0.740 bits per heavy atom. The first kappa shape index (κ1) is 37.5. The number of benzene rings is 4. The largest absolute Gasteiger partial charge is 0.494 e. The molecule has 4 aromatic rings. The van der Waals surface area contributed by atoms with Gasteiger partial charge in [0, 0.05) is 31.3 Å². The second-order valence-corrected chi connectivity index (χ2v) is 15.3. The predicted molar refractivity (Wildman–Crippen MR) is 185 cm³/mol. The summed E-state index contributed by atoms with van der Waals surface area (Å²) in [4.78, 5) is 32.6. The molecule has 4 N–H and O–H groups in total. The van der Waals surface area contributed by atoms with Crippen molar-refractivity contribution in [3.63, 3.8) is 0 Å². The van der Waals surface area contributed by atoms with E-state index >= 15 is 0 Å². The molecule has 0 amide bonds. The van der Waals surface area contributed by atoms with Crippen LogP contribution in [-0.4, -0.2) is 45.4 Å². The average Bonchev–Trinajstić information content (AvgIpc) is 3.06. The van der Waals surface area contributed by atoms with Crippen LogP contribution in [0.2, 0.25) is 0 Å². The van der Waals surface area contributed by atoms with Crippen molar-refractivity contribution in [3.05, 3.63) is 80.4 Å². The normalized spacial score (nSPS) is 12.7. The molecule has 4 aromatic carbocycles. The summed E-state index contributed by atoms with van der Waals surface area (Å²) in [7, 11) is -11.7. The first-order valence-corrected chi connectivity index (χ1v) is 18.5. The van der Waals surface area contributed by atoms with Gasteiger partial charge < -0.3 is 15.2 Å². The van der Waals surface area contributed by atoms with Crippen LogP contribution in [0.15, 0.2) is 98.6 Å². The number of ether oxygens (including phenoxy) is 2. The lowest BCUT2D eigenvalue weighted by Gasteiger charge is -2.16. The van der Waals surface area contributed by atoms with E-state index in [4.69, 9.17) is 19.8 Å². The van der Waals surface area contributed by atoms with Crippen LogP contribution in [0.3, 0.4) is 0 Å². The number of nitrogen functional groups attached to an aromatic ring is 1. The van der Waals surface area contributed by atoms with E-state index in [0.29, 0.717) is 33.9 Å². The fourth-order valence-electron chi connectivity index (χ4n) is 4.48. The van der Waals surface area contributed by atoms with Gasteiger partial charge in [-0.25, -0.2) is 0 Å². The molecule has 0 aliphatic heterocycles. The molecule has 0 fully saturated rings. The van der Waals surface area contributed by atoms with Gasteiger partial charge in [-0.15, -0.1) is 19.8 Å². The second kappa shape index (κ2) is 15.1. The molecule has 0 aromatic heterocycles. The Hall–Kier alpha value is -5.29. The maximum Gasteiger partial charge on any atom is 0.295 e. The second-order valence-electron chi connectivity index (χ2n) is 10.4. The number of nitrogens with zero attached hydrogens (tertiary/aromatic N) is 7. The summed E-state index contributed by atoms with van der Waals surface area (Å²) in [5.41, 5.74) is 8.80. The van der Waals surface area contributed by atoms with Gasteiger partial charge in [0.1, 0.15) is 22.1 Å². The van der Waals surface area contributed by atoms with Crippen molar-refractivity contribution in [2.75, 3.05) is 25.2 Å². The predicted octanol–water partition coefficient (Wildman–Crippen LogP) is 7.99. The number of nitroso groups, excluding NO2 is 3. The summed E-state index contributed by atoms with van der Waals surface area (Å²) in [5.74, 6) is 0.0500. The van der Waals surface area contributed by atoms with Crippen molar-refractivity contribution in [1.82, 2.24) is 0 Å². The molecule has 0 bridgehead atoms. The Balaban J connectivity index is 1.64. The van der Waals surface area contributed by atoms with Gasteiger partial charge in [-0.2, -0.15) is 32.2 Å². The Morgan fingerprint density at radius 3 is 1.94 bits per heavy atom. The minimum Gasteiger partial charge on any atom is -0.494 e. The molecule has 0 spiro atoms. The van der Waals surface area contributed by atoms with Crippen molar-refractivity contribution in [1.29, 1.82) is 0 Å². The highest BCUT2D eigenvalue weighted by atomic mass is 32.3. The van der Waals surface area contributed by atoms with Crippen LogP contribution in [-0.2, 0) is 20.2 Å². The number of anilines is 1. The van der Waals surface area contributed by atoms with E-state index in [0.717, 1.165) is 12.1 Å². The van der Waals surface area contributed by atoms with Gasteiger partial charge in [-0.3, -0.25) is 9.11 Å². The monoisotopic (exact) mass is 748 g/mol. The number of nitrogens with two attached hydrogens (primary N) is 1. The first-order valence-electron chi connectivity index (χ1n) is 14.0. The summed E-state index contributed by atoms with van der Waals surface area (Å²) in [5, 5.41) is 17.0. The number of fused-ring (bicyclic) bond motifs is 1. The fraction of sp³-hybridized carbons (Fsp3) is 0.214. The highest BCUT2D eigenvalue weighted by Crippen LogP contribution is 2.60. The number of rotatable bonds is 15. The van der Waals surface area contributed by atoms with Crippen molar-refractivity contribution in [3.8, 4) is 11.5 Å². The summed E-state index contributed by atoms with van der Waals surface area (Å²) >= 11 is 0. The molecule has 0 radical (unpaired) electrons. The van der Waals surface area contributed by atoms with E-state index in [-0.39, 0.29) is 41.0 Å². The molecule has 0 atom stereocenters. The number of azo groups is 2. The van der Waals surface area contributed by atoms with Gasteiger partial charge in [-0.1, -0.05) is 6.07 Å². The number of hydrogen-bond acceptors (Lipinski definition) is 17. The standard InChI is InChI=1S/C28H28N8O11S3/c1-16-9-22(29)26(47-7-4-8-48(40,41)42)14-23(16)32-33-25-10-17(2)24(15-27(25)46-3)31-30-19-6-5-18-11-20(49(34-37,35-38)36-39)13-28(21(18)12-19)50(43,44)45/h5-6,9-15H,4,7-8,29H2,1-3H3,(H,40,41,42)(H,43,44,45). The SMILES string of the molecule is COc1cc(N=Nc2ccc3cc(S(N=O)(N=O)N=O)cc(S(=O)(=O)O)c3c2)c(C)cc1N=Nc1cc(OCCCS(=O)(=O)O)c(N)cc1C. The Morgan fingerprint density at radius 2 is 1.34 bits per heavy atom. The average molecular weight is 749 g/mol. The van der Waals surface area contributed by atoms with Crippen molar-refractivity contribution >= 4 is 70.0 Å². The van der Waals surface area contributed by atoms with Gasteiger partial charge >= 0.3 is 0 Å². The van der Waals surface area contributed by atoms with Crippen LogP contribution in [0.1, 0.15) is 17.5 Å². The van der Waals surface area contributed by atoms with E-state index in [1.54, 1.807) is 26.0 Å². The summed E-state index contributed by atoms with van der Waals surface area (Å²) < 4.78 is 83.4. The van der Waals surface area contributed by atoms with Crippen LogP contribution in [0, 0.1) is 28.6 Å². The van der Waals surface area contributed by atoms with Crippen LogP contribution >= 0.6 is 10.6 Å². The van der Waals surface area contributed by atoms with Gasteiger partial charge in [0.15, 0.2) is 10.6 Å². The molecule has 0 aliphatic rings. The van der Waals surface area contributed by atoms with Crippen molar-refractivity contribution in [2.24, 2.45) is 34.2 Å². The quantitative estimate of drug-likeness (QED) is 0.0342. The minimum absolute atomic E-state index is 0.0205. The smallest absolute Gasteiger partial charge is 0.295 e. The maximum absolute atomic E-state index is 12.2. The Bertz CT molecular complexity index is 2260. The molecule has 19 nitrogen and oxygen atoms in total. The minimum atomic E-state index is -4.95. The summed E-state index contributed by atoms with van der Waals surface area (Å²) in [6.45, 7) is 3.45.